The zero-order valence-corrected chi connectivity index (χ0v) is 16.8. The quantitative estimate of drug-likeness (QED) is 0.241. The Labute approximate surface area is 163 Å². The van der Waals surface area contributed by atoms with Crippen LogP contribution in [0.25, 0.3) is 0 Å². The number of aliphatic hydroxyl groups is 2. The highest BCUT2D eigenvalue weighted by Crippen LogP contribution is 2.23. The van der Waals surface area contributed by atoms with Gasteiger partial charge in [-0.1, -0.05) is 64.4 Å². The molecule has 0 radical (unpaired) electrons. The van der Waals surface area contributed by atoms with Crippen LogP contribution in [0.15, 0.2) is 12.7 Å². The summed E-state index contributed by atoms with van der Waals surface area (Å²) in [6.07, 6.45) is 9.50. The maximum absolute atomic E-state index is 12.1. The SMILES string of the molecule is C=CCO[C@H](CO)[C@H]1OC[C@H](O)[C@H]1OC(=O)CCCCCCCCCCC. The van der Waals surface area contributed by atoms with Crippen molar-refractivity contribution in [1.82, 2.24) is 0 Å². The van der Waals surface area contributed by atoms with Gasteiger partial charge in [-0.25, -0.2) is 0 Å². The van der Waals surface area contributed by atoms with Crippen molar-refractivity contribution in [2.75, 3.05) is 19.8 Å². The van der Waals surface area contributed by atoms with Crippen LogP contribution in [0, 0.1) is 0 Å². The van der Waals surface area contributed by atoms with Crippen LogP contribution in [0.2, 0.25) is 0 Å². The van der Waals surface area contributed by atoms with Gasteiger partial charge in [0.15, 0.2) is 6.10 Å². The van der Waals surface area contributed by atoms with E-state index >= 15 is 0 Å². The fourth-order valence-corrected chi connectivity index (χ4v) is 3.32. The minimum absolute atomic E-state index is 0.0641. The van der Waals surface area contributed by atoms with Crippen LogP contribution in [-0.4, -0.2) is 60.4 Å². The summed E-state index contributed by atoms with van der Waals surface area (Å²) in [6.45, 7) is 5.82. The highest BCUT2D eigenvalue weighted by Gasteiger charge is 2.43. The second kappa shape index (κ2) is 15.0. The number of aliphatic hydroxyl groups excluding tert-OH is 2. The number of esters is 1. The Morgan fingerprint density at radius 3 is 2.41 bits per heavy atom. The van der Waals surface area contributed by atoms with Gasteiger partial charge in [0.25, 0.3) is 0 Å². The topological polar surface area (TPSA) is 85.2 Å². The van der Waals surface area contributed by atoms with Gasteiger partial charge < -0.3 is 24.4 Å². The highest BCUT2D eigenvalue weighted by molar-refractivity contribution is 5.69. The molecule has 158 valence electrons. The van der Waals surface area contributed by atoms with E-state index in [2.05, 4.69) is 13.5 Å². The molecule has 0 unspecified atom stereocenters. The van der Waals surface area contributed by atoms with E-state index in [1.54, 1.807) is 6.08 Å². The minimum atomic E-state index is -0.900. The van der Waals surface area contributed by atoms with E-state index in [1.807, 2.05) is 0 Å². The summed E-state index contributed by atoms with van der Waals surface area (Å²) in [7, 11) is 0. The summed E-state index contributed by atoms with van der Waals surface area (Å²) < 4.78 is 16.4. The molecule has 0 amide bonds. The van der Waals surface area contributed by atoms with Gasteiger partial charge in [0.1, 0.15) is 18.3 Å². The summed E-state index contributed by atoms with van der Waals surface area (Å²) >= 11 is 0. The molecule has 27 heavy (non-hydrogen) atoms. The van der Waals surface area contributed by atoms with Gasteiger partial charge in [-0.15, -0.1) is 6.58 Å². The second-order valence-corrected chi connectivity index (χ2v) is 7.24. The Balaban J connectivity index is 2.23. The van der Waals surface area contributed by atoms with Crippen LogP contribution in [-0.2, 0) is 19.0 Å². The molecule has 1 fully saturated rings. The van der Waals surface area contributed by atoms with Gasteiger partial charge in [-0.05, 0) is 6.42 Å². The van der Waals surface area contributed by atoms with Crippen molar-refractivity contribution in [2.24, 2.45) is 0 Å². The van der Waals surface area contributed by atoms with E-state index < -0.39 is 24.4 Å². The number of ether oxygens (including phenoxy) is 3. The number of unbranched alkanes of at least 4 members (excludes halogenated alkanes) is 8. The summed E-state index contributed by atoms with van der Waals surface area (Å²) in [5, 5.41) is 19.5. The molecule has 0 aromatic heterocycles. The first-order valence-electron chi connectivity index (χ1n) is 10.5. The molecule has 1 rings (SSSR count). The van der Waals surface area contributed by atoms with Crippen molar-refractivity contribution in [1.29, 1.82) is 0 Å². The van der Waals surface area contributed by atoms with Crippen molar-refractivity contribution >= 4 is 5.97 Å². The summed E-state index contributed by atoms with van der Waals surface area (Å²) in [5.41, 5.74) is 0. The molecule has 1 aliphatic heterocycles. The van der Waals surface area contributed by atoms with Crippen molar-refractivity contribution in [3.8, 4) is 0 Å². The minimum Gasteiger partial charge on any atom is -0.457 e. The molecule has 2 N–H and O–H groups in total. The van der Waals surface area contributed by atoms with E-state index in [1.165, 1.54) is 38.5 Å². The Kier molecular flexibility index (Phi) is 13.4. The third kappa shape index (κ3) is 9.70. The summed E-state index contributed by atoms with van der Waals surface area (Å²) in [5.74, 6) is -0.335. The predicted molar refractivity (Wildman–Crippen MR) is 104 cm³/mol. The molecule has 6 heteroatoms. The molecule has 1 saturated heterocycles. The number of carbonyl (C=O) groups is 1. The van der Waals surface area contributed by atoms with Crippen LogP contribution in [0.5, 0.6) is 0 Å². The van der Waals surface area contributed by atoms with Gasteiger partial charge >= 0.3 is 5.97 Å². The maximum Gasteiger partial charge on any atom is 0.306 e. The lowest BCUT2D eigenvalue weighted by Gasteiger charge is -2.26. The zero-order chi connectivity index (χ0) is 19.9. The first-order valence-corrected chi connectivity index (χ1v) is 10.5. The van der Waals surface area contributed by atoms with Crippen LogP contribution in [0.3, 0.4) is 0 Å². The highest BCUT2D eigenvalue weighted by atomic mass is 16.6. The first kappa shape index (κ1) is 24.1. The number of hydrogen-bond acceptors (Lipinski definition) is 6. The molecular formula is C21H38O6. The van der Waals surface area contributed by atoms with E-state index in [0.717, 1.165) is 19.3 Å². The van der Waals surface area contributed by atoms with E-state index in [9.17, 15) is 15.0 Å². The zero-order valence-electron chi connectivity index (χ0n) is 16.8. The fraction of sp³-hybridized carbons (Fsp3) is 0.857. The maximum atomic E-state index is 12.1. The van der Waals surface area contributed by atoms with Crippen molar-refractivity contribution in [3.05, 3.63) is 12.7 Å². The van der Waals surface area contributed by atoms with Gasteiger partial charge in [-0.2, -0.15) is 0 Å². The Morgan fingerprint density at radius 2 is 1.81 bits per heavy atom. The van der Waals surface area contributed by atoms with Crippen LogP contribution >= 0.6 is 0 Å². The first-order chi connectivity index (χ1) is 13.1. The van der Waals surface area contributed by atoms with E-state index in [4.69, 9.17) is 14.2 Å². The molecule has 1 aliphatic rings. The smallest absolute Gasteiger partial charge is 0.306 e. The Hall–Kier alpha value is -0.950. The molecule has 0 saturated carbocycles. The number of carbonyl (C=O) groups excluding carboxylic acids is 1. The summed E-state index contributed by atoms with van der Waals surface area (Å²) in [6, 6.07) is 0. The standard InChI is InChI=1S/C21H38O6/c1-3-5-6-7-8-9-10-11-12-13-19(24)27-20-17(23)16-26-21(20)18(15-22)25-14-4-2/h4,17-18,20-23H,2-3,5-16H2,1H3/t17-,18+,20+,21+/m0/s1. The molecule has 6 nitrogen and oxygen atoms in total. The molecular weight excluding hydrogens is 348 g/mol. The van der Waals surface area contributed by atoms with Gasteiger partial charge in [0.05, 0.1) is 19.8 Å². The Morgan fingerprint density at radius 1 is 1.19 bits per heavy atom. The lowest BCUT2D eigenvalue weighted by molar-refractivity contribution is -0.162. The van der Waals surface area contributed by atoms with Crippen LogP contribution in [0.4, 0.5) is 0 Å². The largest absolute Gasteiger partial charge is 0.457 e. The Bertz CT molecular complexity index is 400. The number of rotatable bonds is 16. The molecule has 0 spiro atoms. The summed E-state index contributed by atoms with van der Waals surface area (Å²) in [4.78, 5) is 12.1. The molecule has 0 aromatic rings. The molecule has 4 atom stereocenters. The van der Waals surface area contributed by atoms with Crippen LogP contribution in [0.1, 0.15) is 71.1 Å². The average Bonchev–Trinajstić information content (AvgIpc) is 3.01. The van der Waals surface area contributed by atoms with Gasteiger partial charge in [-0.3, -0.25) is 4.79 Å². The van der Waals surface area contributed by atoms with E-state index in [0.29, 0.717) is 6.42 Å². The third-order valence-electron chi connectivity index (χ3n) is 4.89. The fourth-order valence-electron chi connectivity index (χ4n) is 3.32. The third-order valence-corrected chi connectivity index (χ3v) is 4.89. The van der Waals surface area contributed by atoms with Crippen LogP contribution < -0.4 is 0 Å². The average molecular weight is 387 g/mol. The molecule has 0 aromatic carbocycles. The van der Waals surface area contributed by atoms with E-state index in [-0.39, 0.29) is 25.8 Å². The van der Waals surface area contributed by atoms with Crippen molar-refractivity contribution in [3.63, 3.8) is 0 Å². The van der Waals surface area contributed by atoms with Gasteiger partial charge in [0, 0.05) is 6.42 Å². The predicted octanol–water partition coefficient (Wildman–Crippen LogP) is 3.14. The molecule has 0 bridgehead atoms. The lowest BCUT2D eigenvalue weighted by Crippen LogP contribution is -2.44. The van der Waals surface area contributed by atoms with Crippen molar-refractivity contribution in [2.45, 2.75) is 95.5 Å². The number of hydrogen-bond donors (Lipinski definition) is 2. The second-order valence-electron chi connectivity index (χ2n) is 7.24. The monoisotopic (exact) mass is 386 g/mol. The van der Waals surface area contributed by atoms with Gasteiger partial charge in [0.2, 0.25) is 0 Å². The normalized spacial score (nSPS) is 23.3. The molecule has 1 heterocycles. The van der Waals surface area contributed by atoms with Crippen molar-refractivity contribution < 1.29 is 29.2 Å². The lowest BCUT2D eigenvalue weighted by atomic mass is 10.1. The molecule has 0 aliphatic carbocycles.